The first kappa shape index (κ1) is 18.0. The summed E-state index contributed by atoms with van der Waals surface area (Å²) in [6.45, 7) is 13.0. The van der Waals surface area contributed by atoms with Crippen molar-refractivity contribution < 1.29 is 0 Å². The van der Waals surface area contributed by atoms with E-state index in [4.69, 9.17) is 11.6 Å². The molecule has 2 rings (SSSR count). The zero-order chi connectivity index (χ0) is 16.3. The first-order chi connectivity index (χ1) is 10.3. The number of rotatable bonds is 5. The number of likely N-dealkylation sites (N-methyl/N-ethyl adjacent to an activating group) is 1. The van der Waals surface area contributed by atoms with Gasteiger partial charge in [-0.3, -0.25) is 0 Å². The highest BCUT2D eigenvalue weighted by Crippen LogP contribution is 2.41. The molecule has 1 aliphatic carbocycles. The number of hydrogen-bond acceptors (Lipinski definition) is 2. The van der Waals surface area contributed by atoms with Gasteiger partial charge in [0, 0.05) is 19.1 Å². The Labute approximate surface area is 142 Å². The topological polar surface area (TPSA) is 15.3 Å². The fraction of sp³-hybridized carbons (Fsp3) is 0.789. The molecule has 2 nitrogen and oxygen atoms in total. The summed E-state index contributed by atoms with van der Waals surface area (Å²) in [5.74, 6) is 1.34. The highest BCUT2D eigenvalue weighted by molar-refractivity contribution is 6.22. The second-order valence-electron chi connectivity index (χ2n) is 8.02. The fourth-order valence-electron chi connectivity index (χ4n) is 4.02. The maximum absolute atomic E-state index is 6.17. The number of allylic oxidation sites excluding steroid dienone is 4. The van der Waals surface area contributed by atoms with E-state index >= 15 is 0 Å². The van der Waals surface area contributed by atoms with Gasteiger partial charge in [0.05, 0.1) is 5.38 Å². The number of piperidine rings is 1. The molecule has 0 spiro atoms. The van der Waals surface area contributed by atoms with Crippen LogP contribution in [0.5, 0.6) is 0 Å². The lowest BCUT2D eigenvalue weighted by Crippen LogP contribution is -2.51. The lowest BCUT2D eigenvalue weighted by atomic mass is 9.69. The molecule has 0 bridgehead atoms. The van der Waals surface area contributed by atoms with Crippen molar-refractivity contribution in [3.63, 3.8) is 0 Å². The summed E-state index contributed by atoms with van der Waals surface area (Å²) >= 11 is 6.17. The van der Waals surface area contributed by atoms with E-state index in [1.54, 1.807) is 0 Å². The third-order valence-corrected chi connectivity index (χ3v) is 5.74. The molecule has 1 saturated heterocycles. The zero-order valence-electron chi connectivity index (χ0n) is 14.9. The first-order valence-electron chi connectivity index (χ1n) is 8.75. The van der Waals surface area contributed by atoms with Crippen LogP contribution in [0.4, 0.5) is 0 Å². The maximum Gasteiger partial charge on any atom is 0.0553 e. The van der Waals surface area contributed by atoms with E-state index < -0.39 is 0 Å². The summed E-state index contributed by atoms with van der Waals surface area (Å²) < 4.78 is 0. The van der Waals surface area contributed by atoms with E-state index in [0.717, 1.165) is 13.0 Å². The predicted octanol–water partition coefficient (Wildman–Crippen LogP) is 4.07. The van der Waals surface area contributed by atoms with Gasteiger partial charge in [-0.1, -0.05) is 45.9 Å². The van der Waals surface area contributed by atoms with Crippen molar-refractivity contribution in [3.05, 3.63) is 23.8 Å². The van der Waals surface area contributed by atoms with Gasteiger partial charge >= 0.3 is 0 Å². The van der Waals surface area contributed by atoms with Gasteiger partial charge < -0.3 is 10.2 Å². The molecule has 1 N–H and O–H groups in total. The molecule has 0 aromatic heterocycles. The molecular formula is C19H33ClN2. The minimum Gasteiger partial charge on any atom is -0.315 e. The molecular weight excluding hydrogens is 292 g/mol. The zero-order valence-corrected chi connectivity index (χ0v) is 15.7. The van der Waals surface area contributed by atoms with Crippen molar-refractivity contribution in [3.8, 4) is 0 Å². The molecule has 0 aromatic rings. The van der Waals surface area contributed by atoms with Crippen molar-refractivity contribution in [1.29, 1.82) is 0 Å². The monoisotopic (exact) mass is 324 g/mol. The van der Waals surface area contributed by atoms with Crippen LogP contribution in [0.25, 0.3) is 0 Å². The van der Waals surface area contributed by atoms with Crippen molar-refractivity contribution in [1.82, 2.24) is 10.2 Å². The van der Waals surface area contributed by atoms with Crippen LogP contribution in [-0.4, -0.2) is 43.0 Å². The standard InChI is InChI=1S/C19H33ClN2/c1-14(2)18(21-5)12-22-11-10-17(19(3,4)13-22)15-6-8-16(20)9-7-15/h6-8,14,16-18,21H,9-13H2,1-5H3/t16?,17-,18+/m1/s1. The third kappa shape index (κ3) is 4.37. The largest absolute Gasteiger partial charge is 0.315 e. The van der Waals surface area contributed by atoms with Crippen LogP contribution >= 0.6 is 11.6 Å². The van der Waals surface area contributed by atoms with E-state index in [9.17, 15) is 0 Å². The molecule has 1 unspecified atom stereocenters. The molecule has 0 aromatic carbocycles. The Balaban J connectivity index is 1.99. The Morgan fingerprint density at radius 1 is 1.41 bits per heavy atom. The first-order valence-corrected chi connectivity index (χ1v) is 9.19. The molecule has 1 aliphatic heterocycles. The number of halogens is 1. The van der Waals surface area contributed by atoms with Crippen LogP contribution in [-0.2, 0) is 0 Å². The van der Waals surface area contributed by atoms with Gasteiger partial charge in [0.25, 0.3) is 0 Å². The van der Waals surface area contributed by atoms with Crippen LogP contribution in [0.15, 0.2) is 23.8 Å². The van der Waals surface area contributed by atoms with Gasteiger partial charge in [0.1, 0.15) is 0 Å². The van der Waals surface area contributed by atoms with Crippen LogP contribution < -0.4 is 5.32 Å². The van der Waals surface area contributed by atoms with Crippen molar-refractivity contribution in [2.45, 2.75) is 52.0 Å². The number of alkyl halides is 1. The highest BCUT2D eigenvalue weighted by Gasteiger charge is 2.38. The lowest BCUT2D eigenvalue weighted by Gasteiger charge is -2.46. The van der Waals surface area contributed by atoms with Crippen molar-refractivity contribution in [2.75, 3.05) is 26.7 Å². The minimum absolute atomic E-state index is 0.189. The van der Waals surface area contributed by atoms with E-state index in [2.05, 4.69) is 63.2 Å². The van der Waals surface area contributed by atoms with Gasteiger partial charge in [-0.05, 0) is 49.3 Å². The number of likely N-dealkylation sites (tertiary alicyclic amines) is 1. The van der Waals surface area contributed by atoms with Gasteiger partial charge in [0.2, 0.25) is 0 Å². The molecule has 3 atom stereocenters. The molecule has 1 fully saturated rings. The van der Waals surface area contributed by atoms with E-state index in [0.29, 0.717) is 23.3 Å². The molecule has 126 valence electrons. The second-order valence-corrected chi connectivity index (χ2v) is 8.58. The lowest BCUT2D eigenvalue weighted by molar-refractivity contribution is 0.0641. The molecule has 1 heterocycles. The summed E-state index contributed by atoms with van der Waals surface area (Å²) in [6, 6.07) is 0.582. The van der Waals surface area contributed by atoms with Crippen LogP contribution in [0, 0.1) is 17.3 Å². The SMILES string of the molecule is CN[C@@H](CN1CC[C@H](C2=CCC(Cl)C=C2)C(C)(C)C1)C(C)C. The molecule has 0 saturated carbocycles. The summed E-state index contributed by atoms with van der Waals surface area (Å²) in [5, 5.41) is 3.67. The van der Waals surface area contributed by atoms with Crippen LogP contribution in [0.1, 0.15) is 40.5 Å². The summed E-state index contributed by atoms with van der Waals surface area (Å²) in [5.41, 5.74) is 1.83. The van der Waals surface area contributed by atoms with Gasteiger partial charge in [-0.2, -0.15) is 0 Å². The number of nitrogens with one attached hydrogen (secondary N) is 1. The number of nitrogens with zero attached hydrogens (tertiary/aromatic N) is 1. The second kappa shape index (κ2) is 7.51. The van der Waals surface area contributed by atoms with Crippen molar-refractivity contribution in [2.24, 2.45) is 17.3 Å². The van der Waals surface area contributed by atoms with E-state index in [-0.39, 0.29) is 5.38 Å². The van der Waals surface area contributed by atoms with E-state index in [1.807, 2.05) is 0 Å². The van der Waals surface area contributed by atoms with Gasteiger partial charge in [-0.25, -0.2) is 0 Å². The highest BCUT2D eigenvalue weighted by atomic mass is 35.5. The van der Waals surface area contributed by atoms with Crippen molar-refractivity contribution >= 4 is 11.6 Å². The Kier molecular flexibility index (Phi) is 6.15. The molecule has 2 aliphatic rings. The molecule has 0 radical (unpaired) electrons. The Morgan fingerprint density at radius 3 is 2.64 bits per heavy atom. The Bertz CT molecular complexity index is 425. The molecule has 3 heteroatoms. The molecule has 0 amide bonds. The maximum atomic E-state index is 6.17. The Hall–Kier alpha value is -0.310. The third-order valence-electron chi connectivity index (χ3n) is 5.42. The average molecular weight is 325 g/mol. The summed E-state index contributed by atoms with van der Waals surface area (Å²) in [7, 11) is 2.09. The smallest absolute Gasteiger partial charge is 0.0553 e. The van der Waals surface area contributed by atoms with Crippen LogP contribution in [0.3, 0.4) is 0 Å². The summed E-state index contributed by atoms with van der Waals surface area (Å²) in [4.78, 5) is 2.65. The quantitative estimate of drug-likeness (QED) is 0.767. The Morgan fingerprint density at radius 2 is 2.14 bits per heavy atom. The summed E-state index contributed by atoms with van der Waals surface area (Å²) in [6.07, 6.45) is 9.04. The normalized spacial score (nSPS) is 30.4. The van der Waals surface area contributed by atoms with Gasteiger partial charge in [0.15, 0.2) is 0 Å². The fourth-order valence-corrected chi connectivity index (χ4v) is 4.19. The minimum atomic E-state index is 0.189. The van der Waals surface area contributed by atoms with Crippen LogP contribution in [0.2, 0.25) is 0 Å². The molecule has 22 heavy (non-hydrogen) atoms. The average Bonchev–Trinajstić information content (AvgIpc) is 2.45. The van der Waals surface area contributed by atoms with E-state index in [1.165, 1.54) is 25.1 Å². The predicted molar refractivity (Wildman–Crippen MR) is 97.5 cm³/mol. The van der Waals surface area contributed by atoms with Gasteiger partial charge in [-0.15, -0.1) is 11.6 Å². The number of hydrogen-bond donors (Lipinski definition) is 1.